The minimum Gasteiger partial charge on any atom is -0.437 e. The molecule has 4 aromatic rings. The summed E-state index contributed by atoms with van der Waals surface area (Å²) in [6.07, 6.45) is 4.65. The fourth-order valence-electron chi connectivity index (χ4n) is 5.12. The van der Waals surface area contributed by atoms with Gasteiger partial charge in [-0.2, -0.15) is 4.98 Å². The Morgan fingerprint density at radius 1 is 1.20 bits per heavy atom. The zero-order valence-electron chi connectivity index (χ0n) is 19.8. The van der Waals surface area contributed by atoms with E-state index in [9.17, 15) is 9.59 Å². The number of rotatable bonds is 4. The van der Waals surface area contributed by atoms with Gasteiger partial charge in [-0.1, -0.05) is 12.1 Å². The van der Waals surface area contributed by atoms with Crippen molar-refractivity contribution in [1.29, 1.82) is 0 Å². The minimum atomic E-state index is -0.443. The van der Waals surface area contributed by atoms with Crippen molar-refractivity contribution in [2.24, 2.45) is 0 Å². The van der Waals surface area contributed by atoms with Crippen molar-refractivity contribution in [3.8, 4) is 0 Å². The number of oxazole rings is 1. The quantitative estimate of drug-likeness (QED) is 0.458. The SMILES string of the molecule is CN1CCCN(c2ncc3c(=O)c(C(=O)NCC4CCCN4)c4oc5ccccc5n4c3n2)CC1. The molecule has 1 aromatic carbocycles. The Hall–Kier alpha value is -3.50. The number of pyridine rings is 1. The minimum absolute atomic E-state index is 0.0144. The molecule has 3 aromatic heterocycles. The van der Waals surface area contributed by atoms with Gasteiger partial charge >= 0.3 is 0 Å². The van der Waals surface area contributed by atoms with E-state index < -0.39 is 11.3 Å². The number of carbonyl (C=O) groups is 1. The molecular formula is C25H29N7O3. The first-order chi connectivity index (χ1) is 17.1. The third-order valence-corrected chi connectivity index (χ3v) is 7.07. The number of fused-ring (bicyclic) bond motifs is 5. The van der Waals surface area contributed by atoms with E-state index in [0.717, 1.165) is 57.5 Å². The van der Waals surface area contributed by atoms with Crippen LogP contribution < -0.4 is 21.0 Å². The number of hydrogen-bond donors (Lipinski definition) is 2. The van der Waals surface area contributed by atoms with Crippen LogP contribution in [0.3, 0.4) is 0 Å². The second kappa shape index (κ2) is 8.94. The summed E-state index contributed by atoms with van der Waals surface area (Å²) >= 11 is 0. The second-order valence-electron chi connectivity index (χ2n) is 9.47. The molecule has 10 nitrogen and oxygen atoms in total. The molecule has 182 valence electrons. The molecule has 0 radical (unpaired) electrons. The van der Waals surface area contributed by atoms with Crippen molar-refractivity contribution < 1.29 is 9.21 Å². The number of aromatic nitrogens is 3. The molecule has 2 N–H and O–H groups in total. The molecule has 2 fully saturated rings. The van der Waals surface area contributed by atoms with Gasteiger partial charge in [0.15, 0.2) is 11.2 Å². The molecule has 5 heterocycles. The van der Waals surface area contributed by atoms with E-state index >= 15 is 0 Å². The number of nitrogens with one attached hydrogen (secondary N) is 2. The second-order valence-corrected chi connectivity index (χ2v) is 9.47. The van der Waals surface area contributed by atoms with Gasteiger partial charge in [0, 0.05) is 38.4 Å². The number of nitrogens with zero attached hydrogens (tertiary/aromatic N) is 5. The van der Waals surface area contributed by atoms with Crippen molar-refractivity contribution in [2.75, 3.05) is 51.2 Å². The summed E-state index contributed by atoms with van der Waals surface area (Å²) in [4.78, 5) is 40.7. The average molecular weight is 476 g/mol. The normalized spacial score (nSPS) is 19.6. The summed E-state index contributed by atoms with van der Waals surface area (Å²) in [5, 5.41) is 6.59. The zero-order chi connectivity index (χ0) is 23.9. The molecule has 0 saturated carbocycles. The van der Waals surface area contributed by atoms with Gasteiger partial charge in [0.2, 0.25) is 17.1 Å². The molecule has 2 aliphatic heterocycles. The Bertz CT molecular complexity index is 1470. The molecule has 1 atom stereocenters. The van der Waals surface area contributed by atoms with Crippen molar-refractivity contribution in [2.45, 2.75) is 25.3 Å². The Balaban J connectivity index is 1.50. The van der Waals surface area contributed by atoms with Gasteiger partial charge in [-0.3, -0.25) is 14.0 Å². The monoisotopic (exact) mass is 475 g/mol. The number of benzene rings is 1. The van der Waals surface area contributed by atoms with Gasteiger partial charge in [-0.05, 0) is 51.5 Å². The number of hydrogen-bond acceptors (Lipinski definition) is 8. The van der Waals surface area contributed by atoms with Crippen LogP contribution >= 0.6 is 0 Å². The van der Waals surface area contributed by atoms with E-state index in [1.807, 2.05) is 24.3 Å². The molecule has 2 aliphatic rings. The topological polar surface area (TPSA) is 108 Å². The first-order valence-electron chi connectivity index (χ1n) is 12.3. The molecule has 35 heavy (non-hydrogen) atoms. The Labute approximate surface area is 201 Å². The predicted octanol–water partition coefficient (Wildman–Crippen LogP) is 1.61. The fourth-order valence-corrected chi connectivity index (χ4v) is 5.12. The maximum Gasteiger partial charge on any atom is 0.260 e. The van der Waals surface area contributed by atoms with Crippen LogP contribution in [0.5, 0.6) is 0 Å². The number of likely N-dealkylation sites (N-methyl/N-ethyl adjacent to an activating group) is 1. The van der Waals surface area contributed by atoms with E-state index in [-0.39, 0.29) is 17.3 Å². The van der Waals surface area contributed by atoms with Crippen LogP contribution in [0.15, 0.2) is 39.7 Å². The van der Waals surface area contributed by atoms with E-state index in [0.29, 0.717) is 29.1 Å². The molecule has 1 unspecified atom stereocenters. The highest BCUT2D eigenvalue weighted by Crippen LogP contribution is 2.26. The molecule has 0 bridgehead atoms. The van der Waals surface area contributed by atoms with Gasteiger partial charge in [0.05, 0.1) is 10.9 Å². The lowest BCUT2D eigenvalue weighted by atomic mass is 10.1. The van der Waals surface area contributed by atoms with Crippen LogP contribution in [-0.4, -0.2) is 77.5 Å². The molecule has 6 rings (SSSR count). The zero-order valence-corrected chi connectivity index (χ0v) is 19.8. The maximum atomic E-state index is 13.6. The highest BCUT2D eigenvalue weighted by atomic mass is 16.3. The van der Waals surface area contributed by atoms with Gasteiger partial charge in [-0.15, -0.1) is 0 Å². The Morgan fingerprint density at radius 2 is 2.09 bits per heavy atom. The summed E-state index contributed by atoms with van der Waals surface area (Å²) in [7, 11) is 2.11. The molecule has 0 spiro atoms. The van der Waals surface area contributed by atoms with E-state index in [2.05, 4.69) is 32.5 Å². The van der Waals surface area contributed by atoms with Crippen LogP contribution in [0, 0.1) is 0 Å². The average Bonchev–Trinajstić information content (AvgIpc) is 3.47. The number of carbonyl (C=O) groups excluding carboxylic acids is 1. The predicted molar refractivity (Wildman–Crippen MR) is 134 cm³/mol. The summed E-state index contributed by atoms with van der Waals surface area (Å²) in [6.45, 7) is 4.99. The fraction of sp³-hybridized carbons (Fsp3) is 0.440. The van der Waals surface area contributed by atoms with Crippen LogP contribution in [0.4, 0.5) is 5.95 Å². The first-order valence-corrected chi connectivity index (χ1v) is 12.3. The third kappa shape index (κ3) is 3.92. The van der Waals surface area contributed by atoms with Gasteiger partial charge < -0.3 is 24.9 Å². The van der Waals surface area contributed by atoms with Crippen molar-refractivity contribution in [3.05, 3.63) is 46.2 Å². The van der Waals surface area contributed by atoms with E-state index in [1.165, 1.54) is 0 Å². The van der Waals surface area contributed by atoms with Gasteiger partial charge in [-0.25, -0.2) is 4.98 Å². The number of amides is 1. The van der Waals surface area contributed by atoms with E-state index in [1.54, 1.807) is 10.6 Å². The van der Waals surface area contributed by atoms with Gasteiger partial charge in [0.1, 0.15) is 5.56 Å². The number of para-hydroxylation sites is 2. The number of anilines is 1. The first kappa shape index (κ1) is 22.0. The molecule has 10 heteroatoms. The Kier molecular flexibility index (Phi) is 5.62. The Morgan fingerprint density at radius 3 is 2.94 bits per heavy atom. The van der Waals surface area contributed by atoms with Crippen LogP contribution in [0.25, 0.3) is 27.8 Å². The van der Waals surface area contributed by atoms with Crippen molar-refractivity contribution in [3.63, 3.8) is 0 Å². The highest BCUT2D eigenvalue weighted by Gasteiger charge is 2.26. The van der Waals surface area contributed by atoms with Crippen LogP contribution in [-0.2, 0) is 0 Å². The maximum absolute atomic E-state index is 13.6. The third-order valence-electron chi connectivity index (χ3n) is 7.07. The summed E-state index contributed by atoms with van der Waals surface area (Å²) in [6, 6.07) is 7.72. The van der Waals surface area contributed by atoms with Gasteiger partial charge in [0.25, 0.3) is 5.91 Å². The molecule has 2 saturated heterocycles. The van der Waals surface area contributed by atoms with Crippen molar-refractivity contribution in [1.82, 2.24) is 29.9 Å². The standard InChI is InChI=1S/C25H29N7O3/c1-30-10-5-11-31(13-12-30)25-28-15-17-21(33)20(23(34)27-14-16-6-4-9-26-16)24-32(22(17)29-25)18-7-2-3-8-19(18)35-24/h2-3,7-8,15-16,26H,4-6,9-14H2,1H3,(H,27,34). The lowest BCUT2D eigenvalue weighted by molar-refractivity contribution is 0.0950. The highest BCUT2D eigenvalue weighted by molar-refractivity contribution is 6.04. The largest absolute Gasteiger partial charge is 0.437 e. The summed E-state index contributed by atoms with van der Waals surface area (Å²) < 4.78 is 7.87. The van der Waals surface area contributed by atoms with E-state index in [4.69, 9.17) is 9.40 Å². The van der Waals surface area contributed by atoms with Crippen LogP contribution in [0.2, 0.25) is 0 Å². The lowest BCUT2D eigenvalue weighted by Crippen LogP contribution is -2.39. The van der Waals surface area contributed by atoms with Crippen molar-refractivity contribution >= 4 is 39.7 Å². The summed E-state index contributed by atoms with van der Waals surface area (Å²) in [5.41, 5.74) is 1.56. The molecule has 1 amide bonds. The smallest absolute Gasteiger partial charge is 0.260 e. The lowest BCUT2D eigenvalue weighted by Gasteiger charge is -2.20. The van der Waals surface area contributed by atoms with Crippen LogP contribution in [0.1, 0.15) is 29.6 Å². The summed E-state index contributed by atoms with van der Waals surface area (Å²) in [5.74, 6) is 0.137. The molecule has 0 aliphatic carbocycles. The molecular weight excluding hydrogens is 446 g/mol.